The van der Waals surface area contributed by atoms with Crippen LogP contribution in [0.1, 0.15) is 10.5 Å². The summed E-state index contributed by atoms with van der Waals surface area (Å²) in [6, 6.07) is 3.01. The predicted molar refractivity (Wildman–Crippen MR) is 69.5 cm³/mol. The van der Waals surface area contributed by atoms with Gasteiger partial charge in [0, 0.05) is 4.47 Å². The maximum Gasteiger partial charge on any atom is 0.456 e. The van der Waals surface area contributed by atoms with Crippen LogP contribution in [-0.2, 0) is 0 Å². The molecule has 2 rings (SSSR count). The molecule has 106 valence electrons. The summed E-state index contributed by atoms with van der Waals surface area (Å²) in [5.41, 5.74) is -0.624. The lowest BCUT2D eigenvalue weighted by Crippen LogP contribution is -2.23. The summed E-state index contributed by atoms with van der Waals surface area (Å²) in [6.07, 6.45) is -4.18. The van der Waals surface area contributed by atoms with Gasteiger partial charge in [-0.3, -0.25) is 4.79 Å². The molecular weight excluding hydrogens is 386 g/mol. The van der Waals surface area contributed by atoms with Gasteiger partial charge >= 0.3 is 6.18 Å². The van der Waals surface area contributed by atoms with E-state index in [1.807, 2.05) is 0 Å². The molecule has 0 amide bonds. The quantitative estimate of drug-likeness (QED) is 0.575. The van der Waals surface area contributed by atoms with Crippen LogP contribution in [-0.4, -0.2) is 27.0 Å². The second-order valence-corrected chi connectivity index (χ2v) is 5.18. The fourth-order valence-electron chi connectivity index (χ4n) is 1.32. The summed E-state index contributed by atoms with van der Waals surface area (Å²) in [5.74, 6) is -2.08. The Kier molecular flexibility index (Phi) is 4.08. The lowest BCUT2D eigenvalue weighted by molar-refractivity contribution is -0.0888. The first-order valence-corrected chi connectivity index (χ1v) is 6.44. The number of hydrogen-bond donors (Lipinski definition) is 0. The van der Waals surface area contributed by atoms with E-state index in [0.717, 1.165) is 10.9 Å². The third-order valence-corrected chi connectivity index (χ3v) is 4.01. The highest BCUT2D eigenvalue weighted by Gasteiger charge is 2.41. The van der Waals surface area contributed by atoms with E-state index in [1.165, 1.54) is 12.1 Å². The van der Waals surface area contributed by atoms with E-state index in [-0.39, 0.29) is 15.7 Å². The van der Waals surface area contributed by atoms with Crippen molar-refractivity contribution in [2.75, 3.05) is 0 Å². The topological polar surface area (TPSA) is 47.8 Å². The first-order chi connectivity index (χ1) is 9.21. The molecule has 1 heterocycles. The Morgan fingerprint density at radius 3 is 2.50 bits per heavy atom. The van der Waals surface area contributed by atoms with E-state index >= 15 is 0 Å². The first kappa shape index (κ1) is 15.3. The molecule has 0 saturated heterocycles. The molecule has 0 bridgehead atoms. The number of carbonyl (C=O) groups is 1. The number of ketones is 1. The Balaban J connectivity index is 2.45. The molecule has 0 atom stereocenters. The second kappa shape index (κ2) is 5.34. The zero-order valence-corrected chi connectivity index (χ0v) is 12.3. The van der Waals surface area contributed by atoms with Crippen LogP contribution in [0.15, 0.2) is 22.8 Å². The molecule has 0 spiro atoms. The Hall–Kier alpha value is -1.12. The molecule has 1 aromatic carbocycles. The van der Waals surface area contributed by atoms with Crippen molar-refractivity contribution in [2.24, 2.45) is 0 Å². The number of alkyl halides is 3. The molecule has 0 saturated carbocycles. The van der Waals surface area contributed by atoms with Gasteiger partial charge in [0.1, 0.15) is 0 Å². The number of aromatic nitrogens is 3. The molecule has 0 fully saturated rings. The van der Waals surface area contributed by atoms with Gasteiger partial charge < -0.3 is 0 Å². The van der Waals surface area contributed by atoms with Gasteiger partial charge in [0.25, 0.3) is 5.78 Å². The van der Waals surface area contributed by atoms with Crippen molar-refractivity contribution in [3.05, 3.63) is 38.5 Å². The highest BCUT2D eigenvalue weighted by atomic mass is 79.9. The summed E-state index contributed by atoms with van der Waals surface area (Å²) in [6.45, 7) is 0. The fourth-order valence-corrected chi connectivity index (χ4v) is 2.18. The van der Waals surface area contributed by atoms with Crippen LogP contribution in [0.25, 0.3) is 5.69 Å². The molecular formula is C10H3BrCl2F3N3O. The lowest BCUT2D eigenvalue weighted by atomic mass is 10.3. The van der Waals surface area contributed by atoms with E-state index in [0.29, 0.717) is 4.47 Å². The van der Waals surface area contributed by atoms with E-state index in [2.05, 4.69) is 26.2 Å². The minimum absolute atomic E-state index is 0.0666. The van der Waals surface area contributed by atoms with Gasteiger partial charge in [0.15, 0.2) is 5.69 Å². The Morgan fingerprint density at radius 2 is 1.90 bits per heavy atom. The highest BCUT2D eigenvalue weighted by molar-refractivity contribution is 9.10. The molecule has 0 N–H and O–H groups in total. The maximum absolute atomic E-state index is 12.3. The SMILES string of the molecule is O=C(c1cn(-c2ccc(Br)c(Cl)c2Cl)nn1)C(F)(F)F. The van der Waals surface area contributed by atoms with Crippen LogP contribution in [0.5, 0.6) is 0 Å². The summed E-state index contributed by atoms with van der Waals surface area (Å²) in [4.78, 5) is 11.0. The normalized spacial score (nSPS) is 11.7. The molecule has 2 aromatic rings. The largest absolute Gasteiger partial charge is 0.456 e. The Bertz CT molecular complexity index is 687. The van der Waals surface area contributed by atoms with Crippen LogP contribution in [0.3, 0.4) is 0 Å². The summed E-state index contributed by atoms with van der Waals surface area (Å²) >= 11 is 15.0. The monoisotopic (exact) mass is 387 g/mol. The zero-order valence-electron chi connectivity index (χ0n) is 9.25. The van der Waals surface area contributed by atoms with Crippen molar-refractivity contribution in [1.82, 2.24) is 15.0 Å². The van der Waals surface area contributed by atoms with E-state index in [1.54, 1.807) is 0 Å². The van der Waals surface area contributed by atoms with E-state index in [9.17, 15) is 18.0 Å². The standard InChI is InChI=1S/C10H3BrCl2F3N3O/c11-4-1-2-6(8(13)7(4)12)19-3-5(17-18-19)9(20)10(14,15)16/h1-3H. The molecule has 0 aliphatic carbocycles. The first-order valence-electron chi connectivity index (χ1n) is 4.89. The molecule has 0 aliphatic heterocycles. The number of nitrogens with zero attached hydrogens (tertiary/aromatic N) is 3. The van der Waals surface area contributed by atoms with Crippen molar-refractivity contribution >= 4 is 44.9 Å². The van der Waals surface area contributed by atoms with Crippen molar-refractivity contribution < 1.29 is 18.0 Å². The predicted octanol–water partition coefficient (Wildman–Crippen LogP) is 4.08. The third kappa shape index (κ3) is 2.82. The number of benzene rings is 1. The smallest absolute Gasteiger partial charge is 0.282 e. The molecule has 4 nitrogen and oxygen atoms in total. The Labute approximate surface area is 128 Å². The fraction of sp³-hybridized carbons (Fsp3) is 0.100. The lowest BCUT2D eigenvalue weighted by Gasteiger charge is -2.06. The van der Waals surface area contributed by atoms with Crippen LogP contribution in [0.2, 0.25) is 10.0 Å². The van der Waals surface area contributed by atoms with Crippen molar-refractivity contribution in [3.63, 3.8) is 0 Å². The number of Topliss-reactive ketones (excluding diaryl/α,β-unsaturated/α-hetero) is 1. The Morgan fingerprint density at radius 1 is 1.25 bits per heavy atom. The third-order valence-electron chi connectivity index (χ3n) is 2.25. The second-order valence-electron chi connectivity index (χ2n) is 3.57. The zero-order chi connectivity index (χ0) is 15.1. The highest BCUT2D eigenvalue weighted by Crippen LogP contribution is 2.34. The van der Waals surface area contributed by atoms with Crippen molar-refractivity contribution in [3.8, 4) is 5.69 Å². The van der Waals surface area contributed by atoms with Crippen molar-refractivity contribution in [1.29, 1.82) is 0 Å². The molecule has 1 aromatic heterocycles. The minimum atomic E-state index is -5.01. The van der Waals surface area contributed by atoms with Crippen LogP contribution in [0.4, 0.5) is 13.2 Å². The number of halogens is 6. The number of hydrogen-bond acceptors (Lipinski definition) is 3. The summed E-state index contributed by atoms with van der Waals surface area (Å²) < 4.78 is 38.2. The van der Waals surface area contributed by atoms with Gasteiger partial charge in [-0.2, -0.15) is 13.2 Å². The number of carbonyl (C=O) groups excluding carboxylic acids is 1. The van der Waals surface area contributed by atoms with E-state index in [4.69, 9.17) is 23.2 Å². The molecule has 0 radical (unpaired) electrons. The van der Waals surface area contributed by atoms with Crippen molar-refractivity contribution in [2.45, 2.75) is 6.18 Å². The van der Waals surface area contributed by atoms with E-state index < -0.39 is 17.7 Å². The average molecular weight is 389 g/mol. The van der Waals surface area contributed by atoms with Gasteiger partial charge in [0.2, 0.25) is 0 Å². The molecule has 10 heteroatoms. The van der Waals surface area contributed by atoms with Crippen LogP contribution >= 0.6 is 39.1 Å². The number of rotatable bonds is 2. The minimum Gasteiger partial charge on any atom is -0.282 e. The van der Waals surface area contributed by atoms with Gasteiger partial charge in [-0.1, -0.05) is 28.4 Å². The summed E-state index contributed by atoms with van der Waals surface area (Å²) in [7, 11) is 0. The van der Waals surface area contributed by atoms with Gasteiger partial charge in [-0.25, -0.2) is 4.68 Å². The molecule has 0 aliphatic rings. The van der Waals surface area contributed by atoms with Crippen LogP contribution in [0, 0.1) is 0 Å². The summed E-state index contributed by atoms with van der Waals surface area (Å²) in [5, 5.41) is 6.86. The van der Waals surface area contributed by atoms with Crippen LogP contribution < -0.4 is 0 Å². The molecule has 20 heavy (non-hydrogen) atoms. The van der Waals surface area contributed by atoms with Gasteiger partial charge in [-0.05, 0) is 28.1 Å². The maximum atomic E-state index is 12.3. The van der Waals surface area contributed by atoms with Gasteiger partial charge in [0.05, 0.1) is 21.9 Å². The average Bonchev–Trinajstić information content (AvgIpc) is 2.83. The molecule has 0 unspecified atom stereocenters. The van der Waals surface area contributed by atoms with Gasteiger partial charge in [-0.15, -0.1) is 5.10 Å².